The summed E-state index contributed by atoms with van der Waals surface area (Å²) in [6.45, 7) is 12.8. The first-order valence-corrected chi connectivity index (χ1v) is 11.0. The number of rotatable bonds is 13. The van der Waals surface area contributed by atoms with Gasteiger partial charge in [0.25, 0.3) is 7.82 Å². The van der Waals surface area contributed by atoms with Gasteiger partial charge in [-0.3, -0.25) is 4.57 Å². The molecule has 0 saturated heterocycles. The van der Waals surface area contributed by atoms with Gasteiger partial charge in [-0.05, 0) is 25.2 Å². The predicted octanol–water partition coefficient (Wildman–Crippen LogP) is 6.09. The molecular formula is C18H40O4P-. The molecular weight excluding hydrogens is 311 g/mol. The Bertz CT molecular complexity index is 284. The van der Waals surface area contributed by atoms with Gasteiger partial charge in [0.15, 0.2) is 0 Å². The Kier molecular flexibility index (Phi) is 18.7. The van der Waals surface area contributed by atoms with Gasteiger partial charge < -0.3 is 13.9 Å². The smallest absolute Gasteiger partial charge is 0.268 e. The molecule has 0 N–H and O–H groups in total. The molecule has 0 radical (unpaired) electrons. The van der Waals surface area contributed by atoms with Crippen LogP contribution in [0.3, 0.4) is 0 Å². The Balaban J connectivity index is 0. The average Bonchev–Trinajstić information content (AvgIpc) is 2.49. The Morgan fingerprint density at radius 3 is 1.91 bits per heavy atom. The lowest BCUT2D eigenvalue weighted by molar-refractivity contribution is -0.231. The highest BCUT2D eigenvalue weighted by molar-refractivity contribution is 7.45. The minimum absolute atomic E-state index is 0.234. The number of unbranched alkanes of at least 4 members (excludes halogenated alkanes) is 2. The molecule has 5 heteroatoms. The summed E-state index contributed by atoms with van der Waals surface area (Å²) >= 11 is 0. The van der Waals surface area contributed by atoms with E-state index in [1.807, 2.05) is 6.92 Å². The molecule has 0 aromatic rings. The van der Waals surface area contributed by atoms with Crippen LogP contribution in [0.4, 0.5) is 0 Å². The molecule has 23 heavy (non-hydrogen) atoms. The predicted molar refractivity (Wildman–Crippen MR) is 97.5 cm³/mol. The van der Waals surface area contributed by atoms with Crippen LogP contribution in [0.25, 0.3) is 0 Å². The molecule has 0 aromatic carbocycles. The molecule has 0 aromatic heterocycles. The monoisotopic (exact) mass is 351 g/mol. The van der Waals surface area contributed by atoms with Crippen LogP contribution in [0.1, 0.15) is 99.3 Å². The Hall–Kier alpha value is 0.110. The van der Waals surface area contributed by atoms with Crippen molar-refractivity contribution < 1.29 is 18.5 Å². The maximum atomic E-state index is 11.9. The van der Waals surface area contributed by atoms with Crippen molar-refractivity contribution in [3.63, 3.8) is 0 Å². The van der Waals surface area contributed by atoms with Gasteiger partial charge in [0.1, 0.15) is 0 Å². The molecule has 0 amide bonds. The summed E-state index contributed by atoms with van der Waals surface area (Å²) in [5.74, 6) is 0.293. The molecule has 0 bridgehead atoms. The third kappa shape index (κ3) is 15.4. The van der Waals surface area contributed by atoms with E-state index in [1.165, 1.54) is 6.42 Å². The van der Waals surface area contributed by atoms with Crippen molar-refractivity contribution in [1.29, 1.82) is 0 Å². The van der Waals surface area contributed by atoms with E-state index in [2.05, 4.69) is 34.6 Å². The van der Waals surface area contributed by atoms with E-state index in [0.29, 0.717) is 5.92 Å². The second-order valence-electron chi connectivity index (χ2n) is 6.08. The van der Waals surface area contributed by atoms with Crippen molar-refractivity contribution in [3.8, 4) is 0 Å². The van der Waals surface area contributed by atoms with Crippen molar-refractivity contribution in [1.82, 2.24) is 0 Å². The van der Waals surface area contributed by atoms with Crippen molar-refractivity contribution >= 4 is 7.82 Å². The van der Waals surface area contributed by atoms with Gasteiger partial charge >= 0.3 is 0 Å². The summed E-state index contributed by atoms with van der Waals surface area (Å²) in [6, 6.07) is 0. The number of hydrogen-bond acceptors (Lipinski definition) is 4. The molecule has 4 nitrogen and oxygen atoms in total. The van der Waals surface area contributed by atoms with Crippen LogP contribution >= 0.6 is 7.82 Å². The van der Waals surface area contributed by atoms with Crippen LogP contribution in [0.2, 0.25) is 0 Å². The maximum absolute atomic E-state index is 11.9. The summed E-state index contributed by atoms with van der Waals surface area (Å²) in [4.78, 5) is 11.9. The van der Waals surface area contributed by atoms with E-state index in [9.17, 15) is 9.46 Å². The molecule has 142 valence electrons. The van der Waals surface area contributed by atoms with Crippen LogP contribution in [0.5, 0.6) is 0 Å². The zero-order chi connectivity index (χ0) is 18.1. The van der Waals surface area contributed by atoms with Crippen molar-refractivity contribution in [2.75, 3.05) is 6.61 Å². The largest absolute Gasteiger partial charge is 0.756 e. The quantitative estimate of drug-likeness (QED) is 0.297. The van der Waals surface area contributed by atoms with Crippen LogP contribution in [-0.2, 0) is 13.6 Å². The summed E-state index contributed by atoms with van der Waals surface area (Å²) in [7, 11) is -4.16. The standard InChI is InChI=1S/C15H33O4P.C3H8/c1-5-9-10-13-18-20(16,17)19-15(12-7-3)14(8-4)11-6-2;1-3-2/h14-15H,5-13H2,1-4H3,(H,16,17);3H2,1-2H3/p-1. The number of phosphoric ester groups is 1. The van der Waals surface area contributed by atoms with E-state index < -0.39 is 7.82 Å². The normalized spacial score (nSPS) is 16.1. The maximum Gasteiger partial charge on any atom is 0.268 e. The minimum atomic E-state index is -4.16. The van der Waals surface area contributed by atoms with Crippen molar-refractivity contribution in [2.45, 2.75) is 105 Å². The molecule has 0 aliphatic heterocycles. The second-order valence-corrected chi connectivity index (χ2v) is 7.45. The molecule has 0 aliphatic rings. The fourth-order valence-electron chi connectivity index (χ4n) is 2.41. The van der Waals surface area contributed by atoms with E-state index in [4.69, 9.17) is 9.05 Å². The molecule has 3 atom stereocenters. The number of hydrogen-bond donors (Lipinski definition) is 0. The average molecular weight is 351 g/mol. The summed E-state index contributed by atoms with van der Waals surface area (Å²) in [6.07, 6.45) is 8.46. The first-order chi connectivity index (χ1) is 10.9. The first kappa shape index (κ1) is 25.4. The van der Waals surface area contributed by atoms with Gasteiger partial charge in [-0.2, -0.15) is 0 Å². The highest BCUT2D eigenvalue weighted by Crippen LogP contribution is 2.43. The molecule has 0 saturated carbocycles. The van der Waals surface area contributed by atoms with Crippen LogP contribution < -0.4 is 4.89 Å². The van der Waals surface area contributed by atoms with E-state index in [1.54, 1.807) is 0 Å². The Morgan fingerprint density at radius 2 is 1.48 bits per heavy atom. The summed E-state index contributed by atoms with van der Waals surface area (Å²) < 4.78 is 22.2. The SMILES string of the molecule is CCC.CCCCCOP(=O)([O-])OC(CCC)C(CC)CCC. The number of phosphoric acid groups is 1. The second kappa shape index (κ2) is 17.0. The molecule has 0 fully saturated rings. The van der Waals surface area contributed by atoms with E-state index in [0.717, 1.165) is 51.4 Å². The Labute approximate surface area is 145 Å². The van der Waals surface area contributed by atoms with Gasteiger partial charge in [0.2, 0.25) is 0 Å². The Morgan fingerprint density at radius 1 is 0.913 bits per heavy atom. The lowest BCUT2D eigenvalue weighted by atomic mass is 9.92. The summed E-state index contributed by atoms with van der Waals surface area (Å²) in [5.41, 5.74) is 0. The zero-order valence-corrected chi connectivity index (χ0v) is 17.2. The molecule has 3 unspecified atom stereocenters. The highest BCUT2D eigenvalue weighted by Gasteiger charge is 2.24. The first-order valence-electron chi connectivity index (χ1n) is 9.56. The third-order valence-electron chi connectivity index (χ3n) is 3.54. The zero-order valence-electron chi connectivity index (χ0n) is 16.3. The third-order valence-corrected chi connectivity index (χ3v) is 4.57. The van der Waals surface area contributed by atoms with Gasteiger partial charge in [-0.25, -0.2) is 0 Å². The lowest BCUT2D eigenvalue weighted by Gasteiger charge is -2.32. The fourth-order valence-corrected chi connectivity index (χ4v) is 3.43. The van der Waals surface area contributed by atoms with Crippen molar-refractivity contribution in [2.24, 2.45) is 5.92 Å². The molecule has 0 heterocycles. The summed E-state index contributed by atoms with van der Waals surface area (Å²) in [5, 5.41) is 0. The van der Waals surface area contributed by atoms with Gasteiger partial charge in [-0.15, -0.1) is 0 Å². The van der Waals surface area contributed by atoms with Crippen molar-refractivity contribution in [3.05, 3.63) is 0 Å². The molecule has 0 rings (SSSR count). The molecule has 0 spiro atoms. The minimum Gasteiger partial charge on any atom is -0.756 e. The van der Waals surface area contributed by atoms with E-state index >= 15 is 0 Å². The van der Waals surface area contributed by atoms with Crippen LogP contribution in [-0.4, -0.2) is 12.7 Å². The topological polar surface area (TPSA) is 58.6 Å². The van der Waals surface area contributed by atoms with Crippen LogP contribution in [0, 0.1) is 5.92 Å². The fraction of sp³-hybridized carbons (Fsp3) is 1.00. The molecule has 0 aliphatic carbocycles. The van der Waals surface area contributed by atoms with Crippen LogP contribution in [0.15, 0.2) is 0 Å². The van der Waals surface area contributed by atoms with E-state index in [-0.39, 0.29) is 12.7 Å². The van der Waals surface area contributed by atoms with Gasteiger partial charge in [0.05, 0.1) is 12.7 Å². The lowest BCUT2D eigenvalue weighted by Crippen LogP contribution is -2.25. The van der Waals surface area contributed by atoms with Gasteiger partial charge in [-0.1, -0.05) is 80.1 Å². The highest BCUT2D eigenvalue weighted by atomic mass is 31.2. The van der Waals surface area contributed by atoms with Gasteiger partial charge in [0, 0.05) is 0 Å².